The number of anilines is 1. The molecule has 0 saturated heterocycles. The van der Waals surface area contributed by atoms with Crippen molar-refractivity contribution >= 4 is 5.69 Å². The van der Waals surface area contributed by atoms with Crippen LogP contribution in [-0.4, -0.2) is 6.04 Å². The zero-order valence-corrected chi connectivity index (χ0v) is 11.2. The lowest BCUT2D eigenvalue weighted by Crippen LogP contribution is -2.19. The summed E-state index contributed by atoms with van der Waals surface area (Å²) in [7, 11) is 0. The number of nitrogens with zero attached hydrogens (tertiary/aromatic N) is 1. The fourth-order valence-corrected chi connectivity index (χ4v) is 1.99. The smallest absolute Gasteiger partial charge is 0.416 e. The van der Waals surface area contributed by atoms with Crippen molar-refractivity contribution in [1.82, 2.24) is 0 Å². The van der Waals surface area contributed by atoms with Crippen LogP contribution in [0.2, 0.25) is 0 Å². The Bertz CT molecular complexity index is 642. The number of furan rings is 1. The predicted molar refractivity (Wildman–Crippen MR) is 71.7 cm³/mol. The average Bonchev–Trinajstić information content (AvgIpc) is 2.90. The van der Waals surface area contributed by atoms with Gasteiger partial charge in [-0.3, -0.25) is 0 Å². The van der Waals surface area contributed by atoms with Crippen molar-refractivity contribution in [2.75, 3.05) is 5.32 Å². The zero-order valence-electron chi connectivity index (χ0n) is 11.2. The lowest BCUT2D eigenvalue weighted by atomic mass is 10.1. The van der Waals surface area contributed by atoms with E-state index in [1.54, 1.807) is 18.4 Å². The fourth-order valence-electron chi connectivity index (χ4n) is 1.99. The van der Waals surface area contributed by atoms with E-state index in [4.69, 9.17) is 9.68 Å². The highest BCUT2D eigenvalue weighted by Gasteiger charge is 2.31. The van der Waals surface area contributed by atoms with Crippen LogP contribution in [0.15, 0.2) is 41.0 Å². The number of halogens is 3. The molecule has 0 aliphatic heterocycles. The molecule has 110 valence electrons. The fraction of sp³-hybridized carbons (Fsp3) is 0.267. The highest BCUT2D eigenvalue weighted by molar-refractivity contribution is 5.59. The Morgan fingerprint density at radius 3 is 2.67 bits per heavy atom. The van der Waals surface area contributed by atoms with E-state index in [-0.39, 0.29) is 11.6 Å². The van der Waals surface area contributed by atoms with E-state index in [0.717, 1.165) is 17.9 Å². The third kappa shape index (κ3) is 3.78. The molecule has 0 fully saturated rings. The molecule has 1 aromatic carbocycles. The van der Waals surface area contributed by atoms with Crippen LogP contribution >= 0.6 is 0 Å². The molecule has 0 aliphatic carbocycles. The minimum absolute atomic E-state index is 0.0314. The van der Waals surface area contributed by atoms with Gasteiger partial charge in [0.15, 0.2) is 0 Å². The number of nitriles is 1. The summed E-state index contributed by atoms with van der Waals surface area (Å²) in [6.45, 7) is 1.86. The zero-order chi connectivity index (χ0) is 15.5. The summed E-state index contributed by atoms with van der Waals surface area (Å²) in [5.41, 5.74) is -0.482. The van der Waals surface area contributed by atoms with Crippen LogP contribution < -0.4 is 5.32 Å². The summed E-state index contributed by atoms with van der Waals surface area (Å²) in [6.07, 6.45) is -2.33. The van der Waals surface area contributed by atoms with E-state index in [9.17, 15) is 13.2 Å². The Morgan fingerprint density at radius 2 is 2.10 bits per heavy atom. The molecule has 2 rings (SSSR count). The van der Waals surface area contributed by atoms with E-state index >= 15 is 0 Å². The van der Waals surface area contributed by atoms with Crippen LogP contribution in [0.25, 0.3) is 0 Å². The second kappa shape index (κ2) is 5.92. The van der Waals surface area contributed by atoms with Gasteiger partial charge in [-0.15, -0.1) is 0 Å². The summed E-state index contributed by atoms with van der Waals surface area (Å²) < 4.78 is 43.0. The lowest BCUT2D eigenvalue weighted by Gasteiger charge is -2.16. The maximum Gasteiger partial charge on any atom is 0.416 e. The summed E-state index contributed by atoms with van der Waals surface area (Å²) in [5.74, 6) is 0.764. The van der Waals surface area contributed by atoms with Gasteiger partial charge < -0.3 is 9.73 Å². The Morgan fingerprint density at radius 1 is 1.33 bits per heavy atom. The highest BCUT2D eigenvalue weighted by Crippen LogP contribution is 2.31. The number of hydrogen-bond acceptors (Lipinski definition) is 3. The largest absolute Gasteiger partial charge is 0.469 e. The van der Waals surface area contributed by atoms with Crippen molar-refractivity contribution in [3.05, 3.63) is 53.5 Å². The first-order valence-corrected chi connectivity index (χ1v) is 6.30. The molecule has 3 nitrogen and oxygen atoms in total. The number of rotatable bonds is 4. The van der Waals surface area contributed by atoms with Gasteiger partial charge in [-0.05, 0) is 37.3 Å². The summed E-state index contributed by atoms with van der Waals surface area (Å²) in [4.78, 5) is 0. The molecule has 1 unspecified atom stereocenters. The van der Waals surface area contributed by atoms with Crippen molar-refractivity contribution in [1.29, 1.82) is 5.26 Å². The number of nitrogens with one attached hydrogen (secondary N) is 1. The second-order valence-corrected chi connectivity index (χ2v) is 4.70. The summed E-state index contributed by atoms with van der Waals surface area (Å²) >= 11 is 0. The van der Waals surface area contributed by atoms with Crippen molar-refractivity contribution in [3.63, 3.8) is 0 Å². The summed E-state index contributed by atoms with van der Waals surface area (Å²) in [5, 5.41) is 12.0. The monoisotopic (exact) mass is 294 g/mol. The van der Waals surface area contributed by atoms with Crippen LogP contribution in [0, 0.1) is 11.3 Å². The van der Waals surface area contributed by atoms with Gasteiger partial charge in [-0.2, -0.15) is 18.4 Å². The van der Waals surface area contributed by atoms with Crippen molar-refractivity contribution in [3.8, 4) is 6.07 Å². The van der Waals surface area contributed by atoms with E-state index in [1.807, 2.05) is 13.0 Å². The molecule has 0 saturated carbocycles. The maximum absolute atomic E-state index is 12.6. The maximum atomic E-state index is 12.6. The molecular weight excluding hydrogens is 281 g/mol. The van der Waals surface area contributed by atoms with Crippen LogP contribution in [0.4, 0.5) is 18.9 Å². The Labute approximate surface area is 120 Å². The van der Waals surface area contributed by atoms with Crippen molar-refractivity contribution in [2.45, 2.75) is 25.6 Å². The Balaban J connectivity index is 2.15. The lowest BCUT2D eigenvalue weighted by molar-refractivity contribution is -0.137. The van der Waals surface area contributed by atoms with Gasteiger partial charge >= 0.3 is 6.18 Å². The third-order valence-electron chi connectivity index (χ3n) is 2.96. The third-order valence-corrected chi connectivity index (χ3v) is 2.96. The first kappa shape index (κ1) is 15.0. The van der Waals surface area contributed by atoms with Gasteiger partial charge in [0.25, 0.3) is 0 Å². The van der Waals surface area contributed by atoms with Crippen LogP contribution in [0.5, 0.6) is 0 Å². The van der Waals surface area contributed by atoms with E-state index in [1.165, 1.54) is 6.07 Å². The van der Waals surface area contributed by atoms with Crippen LogP contribution in [-0.2, 0) is 12.6 Å². The predicted octanol–water partition coefficient (Wildman–Crippen LogP) is 4.21. The minimum atomic E-state index is -4.45. The standard InChI is InChI=1S/C15H13F3N2O/c1-10(7-13-3-2-6-21-13)20-14-5-4-12(15(16,17)18)8-11(14)9-19/h2-6,8,10,20H,7H2,1H3. The molecular formula is C15H13F3N2O. The first-order valence-electron chi connectivity index (χ1n) is 6.30. The van der Waals surface area contributed by atoms with Gasteiger partial charge in [-0.25, -0.2) is 0 Å². The van der Waals surface area contributed by atoms with Crippen molar-refractivity contribution in [2.24, 2.45) is 0 Å². The first-order chi connectivity index (χ1) is 9.90. The molecule has 6 heteroatoms. The van der Waals surface area contributed by atoms with Gasteiger partial charge in [0, 0.05) is 12.5 Å². The van der Waals surface area contributed by atoms with Gasteiger partial charge in [0.2, 0.25) is 0 Å². The minimum Gasteiger partial charge on any atom is -0.469 e. The van der Waals surface area contributed by atoms with Crippen molar-refractivity contribution < 1.29 is 17.6 Å². The molecule has 1 atom stereocenters. The van der Waals surface area contributed by atoms with Crippen LogP contribution in [0.1, 0.15) is 23.8 Å². The number of benzene rings is 1. The molecule has 0 bridgehead atoms. The van der Waals surface area contributed by atoms with Gasteiger partial charge in [-0.1, -0.05) is 0 Å². The highest BCUT2D eigenvalue weighted by atomic mass is 19.4. The molecule has 0 radical (unpaired) electrons. The van der Waals surface area contributed by atoms with E-state index in [2.05, 4.69) is 5.32 Å². The Kier molecular flexibility index (Phi) is 4.22. The average molecular weight is 294 g/mol. The molecule has 21 heavy (non-hydrogen) atoms. The quantitative estimate of drug-likeness (QED) is 0.918. The Hall–Kier alpha value is -2.42. The SMILES string of the molecule is CC(Cc1ccco1)Nc1ccc(C(F)(F)F)cc1C#N. The number of alkyl halides is 3. The molecule has 0 amide bonds. The second-order valence-electron chi connectivity index (χ2n) is 4.70. The molecule has 0 spiro atoms. The summed E-state index contributed by atoms with van der Waals surface area (Å²) in [6, 6.07) is 8.37. The number of hydrogen-bond donors (Lipinski definition) is 1. The normalized spacial score (nSPS) is 12.7. The molecule has 1 N–H and O–H groups in total. The van der Waals surface area contributed by atoms with Crippen LogP contribution in [0.3, 0.4) is 0 Å². The molecule has 2 aromatic rings. The topological polar surface area (TPSA) is 49.0 Å². The van der Waals surface area contributed by atoms with E-state index in [0.29, 0.717) is 12.1 Å². The molecule has 1 heterocycles. The molecule has 0 aliphatic rings. The van der Waals surface area contributed by atoms with Gasteiger partial charge in [0.05, 0.1) is 23.1 Å². The molecule has 1 aromatic heterocycles. The van der Waals surface area contributed by atoms with E-state index < -0.39 is 11.7 Å². The van der Waals surface area contributed by atoms with Gasteiger partial charge in [0.1, 0.15) is 11.8 Å².